The lowest BCUT2D eigenvalue weighted by Crippen LogP contribution is -2.41. The molecule has 84 valence electrons. The topological polar surface area (TPSA) is 83.5 Å². The molecule has 1 aliphatic heterocycles. The van der Waals surface area contributed by atoms with Gasteiger partial charge < -0.3 is 10.4 Å². The number of carbonyl (C=O) groups is 1. The molecule has 3 rings (SSSR count). The van der Waals surface area contributed by atoms with Crippen LogP contribution in [0, 0.1) is 0 Å². The number of benzene rings is 1. The van der Waals surface area contributed by atoms with Crippen LogP contribution in [0.3, 0.4) is 0 Å². The normalized spacial score (nSPS) is 23.6. The summed E-state index contributed by atoms with van der Waals surface area (Å²) in [4.78, 5) is 11.5. The van der Waals surface area contributed by atoms with Crippen molar-refractivity contribution in [3.63, 3.8) is 0 Å². The Bertz CT molecular complexity index is 601. The molecule has 1 spiro atoms. The third-order valence-electron chi connectivity index (χ3n) is 3.14. The minimum atomic E-state index is -3.75. The highest BCUT2D eigenvalue weighted by Crippen LogP contribution is 2.53. The Balaban J connectivity index is 2.37. The Morgan fingerprint density at radius 3 is 2.62 bits per heavy atom. The lowest BCUT2D eigenvalue weighted by Gasteiger charge is -2.24. The van der Waals surface area contributed by atoms with Crippen molar-refractivity contribution >= 4 is 21.4 Å². The maximum atomic E-state index is 12.2. The van der Waals surface area contributed by atoms with Gasteiger partial charge in [-0.1, -0.05) is 6.07 Å². The van der Waals surface area contributed by atoms with Crippen LogP contribution in [0.1, 0.15) is 12.8 Å². The first kappa shape index (κ1) is 9.65. The van der Waals surface area contributed by atoms with E-state index in [0.717, 1.165) is 0 Å². The summed E-state index contributed by atoms with van der Waals surface area (Å²) in [5.74, 6) is -0.783. The van der Waals surface area contributed by atoms with E-state index in [1.165, 1.54) is 18.2 Å². The molecular weight excluding hydrogens is 230 g/mol. The summed E-state index contributed by atoms with van der Waals surface area (Å²) >= 11 is 0. The van der Waals surface area contributed by atoms with Crippen LogP contribution in [0.15, 0.2) is 23.1 Å². The number of carbonyl (C=O) groups excluding carboxylic acids is 1. The maximum Gasteiger partial charge on any atom is 0.246 e. The highest BCUT2D eigenvalue weighted by molar-refractivity contribution is 7.94. The van der Waals surface area contributed by atoms with Crippen LogP contribution in [0.2, 0.25) is 0 Å². The zero-order valence-corrected chi connectivity index (χ0v) is 9.04. The molecule has 16 heavy (non-hydrogen) atoms. The highest BCUT2D eigenvalue weighted by Gasteiger charge is 2.64. The van der Waals surface area contributed by atoms with Gasteiger partial charge in [-0.15, -0.1) is 0 Å². The van der Waals surface area contributed by atoms with Gasteiger partial charge in [0.05, 0.1) is 5.69 Å². The second-order valence-electron chi connectivity index (χ2n) is 4.11. The number of anilines is 1. The van der Waals surface area contributed by atoms with E-state index in [1.807, 2.05) is 0 Å². The molecule has 0 aromatic heterocycles. The lowest BCUT2D eigenvalue weighted by molar-refractivity contribution is -0.116. The van der Waals surface area contributed by atoms with E-state index in [1.54, 1.807) is 0 Å². The van der Waals surface area contributed by atoms with Gasteiger partial charge in [0.1, 0.15) is 10.6 Å². The molecule has 1 aliphatic carbocycles. The van der Waals surface area contributed by atoms with Crippen LogP contribution in [0.5, 0.6) is 5.75 Å². The van der Waals surface area contributed by atoms with E-state index < -0.39 is 20.5 Å². The van der Waals surface area contributed by atoms with Crippen LogP contribution in [0.4, 0.5) is 5.69 Å². The van der Waals surface area contributed by atoms with Gasteiger partial charge in [-0.25, -0.2) is 8.42 Å². The number of nitrogens with one attached hydrogen (secondary N) is 1. The predicted molar refractivity (Wildman–Crippen MR) is 55.9 cm³/mol. The fourth-order valence-corrected chi connectivity index (χ4v) is 4.15. The van der Waals surface area contributed by atoms with Crippen LogP contribution in [0.25, 0.3) is 0 Å². The molecule has 1 amide bonds. The number of phenolic OH excluding ortho intramolecular Hbond substituents is 1. The zero-order valence-electron chi connectivity index (χ0n) is 8.23. The van der Waals surface area contributed by atoms with Gasteiger partial charge in [0.2, 0.25) is 5.91 Å². The molecule has 2 N–H and O–H groups in total. The second kappa shape index (κ2) is 2.57. The van der Waals surface area contributed by atoms with Crippen LogP contribution < -0.4 is 5.32 Å². The van der Waals surface area contributed by atoms with Crippen molar-refractivity contribution in [2.24, 2.45) is 0 Å². The van der Waals surface area contributed by atoms with Crippen LogP contribution >= 0.6 is 0 Å². The van der Waals surface area contributed by atoms with Gasteiger partial charge >= 0.3 is 0 Å². The molecule has 0 radical (unpaired) electrons. The summed E-state index contributed by atoms with van der Waals surface area (Å²) < 4.78 is 23.1. The Hall–Kier alpha value is -1.56. The number of hydrogen-bond donors (Lipinski definition) is 2. The van der Waals surface area contributed by atoms with Crippen LogP contribution in [-0.4, -0.2) is 24.2 Å². The van der Waals surface area contributed by atoms with Gasteiger partial charge in [0, 0.05) is 0 Å². The monoisotopic (exact) mass is 239 g/mol. The standard InChI is InChI=1S/C10H9NO4S/c12-7-3-1-2-6-8(7)16(14,15)10(4-5-10)9(13)11-6/h1-3,12H,4-5H2,(H,11,13). The van der Waals surface area contributed by atoms with Crippen molar-refractivity contribution in [1.82, 2.24) is 0 Å². The number of sulfone groups is 1. The molecule has 1 heterocycles. The van der Waals surface area contributed by atoms with E-state index in [0.29, 0.717) is 12.8 Å². The van der Waals surface area contributed by atoms with Gasteiger partial charge in [-0.2, -0.15) is 0 Å². The molecule has 0 unspecified atom stereocenters. The SMILES string of the molecule is O=C1Nc2cccc(O)c2S(=O)(=O)C12CC2. The fraction of sp³-hybridized carbons (Fsp3) is 0.300. The molecule has 1 fully saturated rings. The van der Waals surface area contributed by atoms with E-state index in [-0.39, 0.29) is 16.3 Å². The number of rotatable bonds is 0. The summed E-state index contributed by atoms with van der Waals surface area (Å²) in [7, 11) is -3.75. The number of amides is 1. The zero-order chi connectivity index (χ0) is 11.6. The first-order valence-electron chi connectivity index (χ1n) is 4.87. The van der Waals surface area contributed by atoms with Crippen molar-refractivity contribution in [3.8, 4) is 5.75 Å². The van der Waals surface area contributed by atoms with Crippen molar-refractivity contribution in [1.29, 1.82) is 0 Å². The first-order chi connectivity index (χ1) is 7.49. The van der Waals surface area contributed by atoms with Crippen molar-refractivity contribution in [3.05, 3.63) is 18.2 Å². The minimum absolute atomic E-state index is 0.146. The quantitative estimate of drug-likeness (QED) is 0.696. The summed E-state index contributed by atoms with van der Waals surface area (Å²) in [6, 6.07) is 4.28. The smallest absolute Gasteiger partial charge is 0.246 e. The summed E-state index contributed by atoms with van der Waals surface area (Å²) in [6.07, 6.45) is 0.657. The third-order valence-corrected chi connectivity index (χ3v) is 5.73. The van der Waals surface area contributed by atoms with Crippen molar-refractivity contribution in [2.45, 2.75) is 22.5 Å². The third kappa shape index (κ3) is 0.904. The van der Waals surface area contributed by atoms with Gasteiger partial charge in [0.15, 0.2) is 14.6 Å². The largest absolute Gasteiger partial charge is 0.507 e. The Labute approximate surface area is 92.0 Å². The summed E-state index contributed by atoms with van der Waals surface area (Å²) in [5.41, 5.74) is 0.169. The number of fused-ring (bicyclic) bond motifs is 1. The molecule has 1 aromatic carbocycles. The molecule has 6 heteroatoms. The highest BCUT2D eigenvalue weighted by atomic mass is 32.2. The molecule has 1 saturated carbocycles. The van der Waals surface area contributed by atoms with E-state index in [2.05, 4.69) is 5.32 Å². The Kier molecular flexibility index (Phi) is 1.55. The minimum Gasteiger partial charge on any atom is -0.507 e. The molecule has 1 aromatic rings. The Morgan fingerprint density at radius 1 is 1.31 bits per heavy atom. The fourth-order valence-electron chi connectivity index (χ4n) is 2.07. The van der Waals surface area contributed by atoms with Gasteiger partial charge in [-0.3, -0.25) is 4.79 Å². The molecule has 2 aliphatic rings. The molecule has 0 atom stereocenters. The van der Waals surface area contributed by atoms with E-state index in [4.69, 9.17) is 0 Å². The molecule has 0 bridgehead atoms. The first-order valence-corrected chi connectivity index (χ1v) is 6.35. The molecule has 0 saturated heterocycles. The maximum absolute atomic E-state index is 12.2. The van der Waals surface area contributed by atoms with Crippen molar-refractivity contribution in [2.75, 3.05) is 5.32 Å². The summed E-state index contributed by atoms with van der Waals surface area (Å²) in [5, 5.41) is 12.1. The average Bonchev–Trinajstić information content (AvgIpc) is 2.96. The van der Waals surface area contributed by atoms with Crippen LogP contribution in [-0.2, 0) is 14.6 Å². The number of hydrogen-bond acceptors (Lipinski definition) is 4. The second-order valence-corrected chi connectivity index (χ2v) is 6.30. The molecule has 5 nitrogen and oxygen atoms in total. The number of aromatic hydroxyl groups is 1. The number of phenols is 1. The van der Waals surface area contributed by atoms with E-state index >= 15 is 0 Å². The van der Waals surface area contributed by atoms with Gasteiger partial charge in [-0.05, 0) is 25.0 Å². The van der Waals surface area contributed by atoms with Gasteiger partial charge in [0.25, 0.3) is 0 Å². The van der Waals surface area contributed by atoms with E-state index in [9.17, 15) is 18.3 Å². The Morgan fingerprint density at radius 2 is 2.00 bits per heavy atom. The predicted octanol–water partition coefficient (Wildman–Crippen LogP) is 0.651. The van der Waals surface area contributed by atoms with Crippen molar-refractivity contribution < 1.29 is 18.3 Å². The lowest BCUT2D eigenvalue weighted by atomic mass is 10.2. The average molecular weight is 239 g/mol. The molecular formula is C10H9NO4S. The summed E-state index contributed by atoms with van der Waals surface area (Å²) in [6.45, 7) is 0.